The Balaban J connectivity index is 1.49. The van der Waals surface area contributed by atoms with Gasteiger partial charge in [-0.25, -0.2) is 4.98 Å². The predicted octanol–water partition coefficient (Wildman–Crippen LogP) is 5.34. The molecule has 0 aliphatic heterocycles. The van der Waals surface area contributed by atoms with Crippen LogP contribution in [0, 0.1) is 0 Å². The first kappa shape index (κ1) is 18.1. The van der Waals surface area contributed by atoms with Crippen LogP contribution in [0.15, 0.2) is 71.1 Å². The highest BCUT2D eigenvalue weighted by Crippen LogP contribution is 2.27. The number of hydrogen-bond donors (Lipinski definition) is 1. The topological polar surface area (TPSA) is 64.4 Å². The first-order valence-corrected chi connectivity index (χ1v) is 9.08. The van der Waals surface area contributed by atoms with E-state index < -0.39 is 0 Å². The lowest BCUT2D eigenvalue weighted by atomic mass is 10.1. The number of aromatic nitrogens is 1. The second-order valence-corrected chi connectivity index (χ2v) is 6.72. The summed E-state index contributed by atoms with van der Waals surface area (Å²) in [4.78, 5) is 16.8. The van der Waals surface area contributed by atoms with Crippen molar-refractivity contribution < 1.29 is 13.9 Å². The molecule has 1 N–H and O–H groups in total. The standard InChI is InChI=1S/C22H17ClN2O3/c1-27-18-9-2-14(3-10-18)12-21(26)24-17-8-11-19-20(13-17)28-22(25-19)15-4-6-16(23)7-5-15/h2-11,13H,12H2,1H3,(H,24,26). The normalized spacial score (nSPS) is 10.8. The summed E-state index contributed by atoms with van der Waals surface area (Å²) in [5.41, 5.74) is 3.73. The number of amides is 1. The summed E-state index contributed by atoms with van der Waals surface area (Å²) >= 11 is 5.92. The fraction of sp³-hybridized carbons (Fsp3) is 0.0909. The average molecular weight is 393 g/mol. The van der Waals surface area contributed by atoms with Gasteiger partial charge in [0.15, 0.2) is 5.58 Å². The lowest BCUT2D eigenvalue weighted by molar-refractivity contribution is -0.115. The van der Waals surface area contributed by atoms with Gasteiger partial charge in [-0.2, -0.15) is 0 Å². The zero-order chi connectivity index (χ0) is 19.5. The SMILES string of the molecule is COc1ccc(CC(=O)Nc2ccc3nc(-c4ccc(Cl)cc4)oc3c2)cc1. The number of oxazole rings is 1. The molecule has 4 aromatic rings. The Labute approximate surface area is 166 Å². The van der Waals surface area contributed by atoms with Gasteiger partial charge in [0.2, 0.25) is 11.8 Å². The number of nitrogens with zero attached hydrogens (tertiary/aromatic N) is 1. The maximum atomic E-state index is 12.3. The minimum absolute atomic E-state index is 0.109. The second kappa shape index (κ2) is 7.74. The van der Waals surface area contributed by atoms with Gasteiger partial charge in [-0.15, -0.1) is 0 Å². The monoisotopic (exact) mass is 392 g/mol. The minimum Gasteiger partial charge on any atom is -0.497 e. The van der Waals surface area contributed by atoms with Crippen LogP contribution in [0.5, 0.6) is 5.75 Å². The zero-order valence-corrected chi connectivity index (χ0v) is 15.9. The van der Waals surface area contributed by atoms with Crippen LogP contribution in [0.3, 0.4) is 0 Å². The van der Waals surface area contributed by atoms with Gasteiger partial charge < -0.3 is 14.5 Å². The highest BCUT2D eigenvalue weighted by molar-refractivity contribution is 6.30. The molecule has 6 heteroatoms. The summed E-state index contributed by atoms with van der Waals surface area (Å²) in [5, 5.41) is 3.55. The molecule has 0 aliphatic carbocycles. The Hall–Kier alpha value is -3.31. The predicted molar refractivity (Wildman–Crippen MR) is 110 cm³/mol. The first-order valence-electron chi connectivity index (χ1n) is 8.70. The number of carbonyl (C=O) groups is 1. The van der Waals surface area contributed by atoms with Crippen LogP contribution >= 0.6 is 11.6 Å². The number of anilines is 1. The Morgan fingerprint density at radius 3 is 2.54 bits per heavy atom. The van der Waals surface area contributed by atoms with Crippen LogP contribution in [0.1, 0.15) is 5.56 Å². The maximum Gasteiger partial charge on any atom is 0.228 e. The van der Waals surface area contributed by atoms with Crippen molar-refractivity contribution >= 4 is 34.3 Å². The number of nitrogens with one attached hydrogen (secondary N) is 1. The van der Waals surface area contributed by atoms with E-state index in [4.69, 9.17) is 20.8 Å². The molecule has 0 spiro atoms. The number of hydrogen-bond acceptors (Lipinski definition) is 4. The molecule has 5 nitrogen and oxygen atoms in total. The molecule has 0 unspecified atom stereocenters. The zero-order valence-electron chi connectivity index (χ0n) is 15.1. The first-order chi connectivity index (χ1) is 13.6. The molecule has 0 saturated heterocycles. The van der Waals surface area contributed by atoms with Gasteiger partial charge in [-0.05, 0) is 54.1 Å². The van der Waals surface area contributed by atoms with Crippen molar-refractivity contribution in [1.29, 1.82) is 0 Å². The van der Waals surface area contributed by atoms with Gasteiger partial charge in [0, 0.05) is 22.3 Å². The summed E-state index contributed by atoms with van der Waals surface area (Å²) in [6, 6.07) is 20.1. The van der Waals surface area contributed by atoms with Gasteiger partial charge in [-0.1, -0.05) is 23.7 Å². The quantitative estimate of drug-likeness (QED) is 0.498. The lowest BCUT2D eigenvalue weighted by Gasteiger charge is -2.06. The van der Waals surface area contributed by atoms with Crippen molar-refractivity contribution in [3.05, 3.63) is 77.3 Å². The van der Waals surface area contributed by atoms with Gasteiger partial charge >= 0.3 is 0 Å². The maximum absolute atomic E-state index is 12.3. The molecule has 3 aromatic carbocycles. The van der Waals surface area contributed by atoms with E-state index in [1.807, 2.05) is 48.5 Å². The number of carbonyl (C=O) groups excluding carboxylic acids is 1. The third-order valence-corrected chi connectivity index (χ3v) is 4.54. The summed E-state index contributed by atoms with van der Waals surface area (Å²) in [6.07, 6.45) is 0.272. The fourth-order valence-electron chi connectivity index (χ4n) is 2.85. The van der Waals surface area contributed by atoms with Crippen molar-refractivity contribution in [2.24, 2.45) is 0 Å². The van der Waals surface area contributed by atoms with Crippen LogP contribution in [0.4, 0.5) is 5.69 Å². The molecular weight excluding hydrogens is 376 g/mol. The van der Waals surface area contributed by atoms with Crippen molar-refractivity contribution in [3.8, 4) is 17.2 Å². The molecule has 0 atom stereocenters. The van der Waals surface area contributed by atoms with Gasteiger partial charge in [0.05, 0.1) is 13.5 Å². The van der Waals surface area contributed by atoms with E-state index in [0.717, 1.165) is 22.4 Å². The number of rotatable bonds is 5. The highest BCUT2D eigenvalue weighted by Gasteiger charge is 2.10. The molecule has 1 aromatic heterocycles. The largest absolute Gasteiger partial charge is 0.497 e. The number of methoxy groups -OCH3 is 1. The average Bonchev–Trinajstić information content (AvgIpc) is 3.12. The minimum atomic E-state index is -0.109. The third kappa shape index (κ3) is 4.00. The van der Waals surface area contributed by atoms with Crippen LogP contribution in [-0.2, 0) is 11.2 Å². The van der Waals surface area contributed by atoms with Gasteiger partial charge in [0.1, 0.15) is 11.3 Å². The van der Waals surface area contributed by atoms with Crippen molar-refractivity contribution in [3.63, 3.8) is 0 Å². The molecule has 0 saturated carbocycles. The van der Waals surface area contributed by atoms with E-state index >= 15 is 0 Å². The molecule has 1 amide bonds. The number of fused-ring (bicyclic) bond motifs is 1. The molecule has 28 heavy (non-hydrogen) atoms. The van der Waals surface area contributed by atoms with E-state index in [0.29, 0.717) is 22.2 Å². The Morgan fingerprint density at radius 2 is 1.82 bits per heavy atom. The van der Waals surface area contributed by atoms with E-state index in [2.05, 4.69) is 10.3 Å². The van der Waals surface area contributed by atoms with Crippen LogP contribution in [0.2, 0.25) is 5.02 Å². The fourth-order valence-corrected chi connectivity index (χ4v) is 2.98. The van der Waals surface area contributed by atoms with E-state index in [1.54, 1.807) is 25.3 Å². The Morgan fingerprint density at radius 1 is 1.07 bits per heavy atom. The van der Waals surface area contributed by atoms with Crippen molar-refractivity contribution in [2.75, 3.05) is 12.4 Å². The summed E-state index contributed by atoms with van der Waals surface area (Å²) in [5.74, 6) is 1.16. The van der Waals surface area contributed by atoms with Crippen LogP contribution in [-0.4, -0.2) is 18.0 Å². The van der Waals surface area contributed by atoms with E-state index in [1.165, 1.54) is 0 Å². The highest BCUT2D eigenvalue weighted by atomic mass is 35.5. The van der Waals surface area contributed by atoms with Gasteiger partial charge in [0.25, 0.3) is 0 Å². The van der Waals surface area contributed by atoms with Crippen LogP contribution in [0.25, 0.3) is 22.6 Å². The number of halogens is 1. The number of benzene rings is 3. The summed E-state index contributed by atoms with van der Waals surface area (Å²) < 4.78 is 11.0. The molecule has 140 valence electrons. The van der Waals surface area contributed by atoms with Crippen LogP contribution < -0.4 is 10.1 Å². The molecule has 0 fully saturated rings. The Bertz CT molecular complexity index is 1120. The number of ether oxygens (including phenoxy) is 1. The van der Waals surface area contributed by atoms with E-state index in [-0.39, 0.29) is 12.3 Å². The smallest absolute Gasteiger partial charge is 0.228 e. The van der Waals surface area contributed by atoms with Crippen molar-refractivity contribution in [1.82, 2.24) is 4.98 Å². The molecular formula is C22H17ClN2O3. The second-order valence-electron chi connectivity index (χ2n) is 6.28. The summed E-state index contributed by atoms with van der Waals surface area (Å²) in [6.45, 7) is 0. The van der Waals surface area contributed by atoms with Gasteiger partial charge in [-0.3, -0.25) is 4.79 Å². The lowest BCUT2D eigenvalue weighted by Crippen LogP contribution is -2.14. The van der Waals surface area contributed by atoms with E-state index in [9.17, 15) is 4.79 Å². The van der Waals surface area contributed by atoms with Crippen molar-refractivity contribution in [2.45, 2.75) is 6.42 Å². The molecule has 4 rings (SSSR count). The third-order valence-electron chi connectivity index (χ3n) is 4.29. The molecule has 1 heterocycles. The summed E-state index contributed by atoms with van der Waals surface area (Å²) in [7, 11) is 1.61. The molecule has 0 aliphatic rings. The Kier molecular flexibility index (Phi) is 5.00. The molecule has 0 bridgehead atoms. The molecule has 0 radical (unpaired) electrons.